The predicted octanol–water partition coefficient (Wildman–Crippen LogP) is 8.66. The lowest BCUT2D eigenvalue weighted by atomic mass is 9.82. The van der Waals surface area contributed by atoms with E-state index in [9.17, 15) is 82.1 Å². The van der Waals surface area contributed by atoms with Crippen LogP contribution >= 0.6 is 0 Å². The van der Waals surface area contributed by atoms with Crippen LogP contribution in [0.4, 0.5) is 58.4 Å². The van der Waals surface area contributed by atoms with Gasteiger partial charge in [0.2, 0.25) is 0 Å². The monoisotopic (exact) mass is 848 g/mol. The molecule has 1 aliphatic rings. The van der Waals surface area contributed by atoms with E-state index in [1.54, 1.807) is 0 Å². The highest BCUT2D eigenvalue weighted by Crippen LogP contribution is 2.54. The van der Waals surface area contributed by atoms with Crippen molar-refractivity contribution in [3.05, 3.63) is 123 Å². The highest BCUT2D eigenvalue weighted by Gasteiger charge is 2.73. The molecule has 3 N–H and O–H groups in total. The number of alkyl halides is 12. The molecule has 5 rings (SSSR count). The van der Waals surface area contributed by atoms with Gasteiger partial charge in [0.25, 0.3) is 28.9 Å². The number of imide groups is 1. The Hall–Kier alpha value is -5.76. The number of rotatable bonds is 9. The molecule has 0 fully saturated rings. The van der Waals surface area contributed by atoms with Crippen molar-refractivity contribution in [3.8, 4) is 11.1 Å². The van der Waals surface area contributed by atoms with Crippen molar-refractivity contribution < 1.29 is 82.1 Å². The molecule has 0 unspecified atom stereocenters. The van der Waals surface area contributed by atoms with Crippen molar-refractivity contribution in [1.82, 2.24) is 5.32 Å². The number of nitrogens with zero attached hydrogens (tertiary/aromatic N) is 1. The van der Waals surface area contributed by atoms with E-state index in [4.69, 9.17) is 0 Å². The smallest absolute Gasteiger partial charge is 0.369 e. The van der Waals surface area contributed by atoms with Crippen LogP contribution in [0.1, 0.15) is 89.0 Å². The summed E-state index contributed by atoms with van der Waals surface area (Å²) in [5.74, 6) is -3.93. The molecule has 0 spiro atoms. The van der Waals surface area contributed by atoms with E-state index in [1.807, 2.05) is 0 Å². The van der Waals surface area contributed by atoms with Gasteiger partial charge in [0.1, 0.15) is 0 Å². The second kappa shape index (κ2) is 14.8. The number of benzene rings is 4. The van der Waals surface area contributed by atoms with Crippen molar-refractivity contribution in [3.63, 3.8) is 0 Å². The number of carbonyl (C=O) groups is 4. The van der Waals surface area contributed by atoms with Crippen molar-refractivity contribution >= 4 is 29.7 Å². The van der Waals surface area contributed by atoms with Crippen molar-refractivity contribution in [2.45, 2.75) is 62.1 Å². The molecule has 0 saturated heterocycles. The van der Waals surface area contributed by atoms with Gasteiger partial charge in [-0.15, -0.1) is 0 Å². The van der Waals surface area contributed by atoms with E-state index in [-0.39, 0.29) is 45.6 Å². The first kappa shape index (κ1) is 44.3. The summed E-state index contributed by atoms with van der Waals surface area (Å²) in [6, 6.07) is 10.6. The van der Waals surface area contributed by atoms with Gasteiger partial charge in [0.15, 0.2) is 6.29 Å². The first-order valence-corrected chi connectivity index (χ1v) is 16.8. The zero-order valence-corrected chi connectivity index (χ0v) is 30.3. The van der Waals surface area contributed by atoms with Crippen molar-refractivity contribution in [1.29, 1.82) is 0 Å². The van der Waals surface area contributed by atoms with E-state index in [1.165, 1.54) is 38.1 Å². The molecule has 4 aromatic rings. The van der Waals surface area contributed by atoms with Crippen LogP contribution in [-0.2, 0) is 17.6 Å². The van der Waals surface area contributed by atoms with E-state index < -0.39 is 111 Å². The van der Waals surface area contributed by atoms with Gasteiger partial charge in [0.05, 0.1) is 22.4 Å². The van der Waals surface area contributed by atoms with Crippen LogP contribution in [0.15, 0.2) is 72.8 Å². The van der Waals surface area contributed by atoms with Gasteiger partial charge in [-0.25, -0.2) is 0 Å². The summed E-state index contributed by atoms with van der Waals surface area (Å²) in [5.41, 5.74) is -18.8. The van der Waals surface area contributed by atoms with E-state index >= 15 is 0 Å². The number of halogens is 12. The molecule has 0 aliphatic carbocycles. The Labute approximate surface area is 325 Å². The summed E-state index contributed by atoms with van der Waals surface area (Å²) >= 11 is 0. The summed E-state index contributed by atoms with van der Waals surface area (Å²) in [4.78, 5) is 50.4. The zero-order valence-electron chi connectivity index (χ0n) is 30.3. The fourth-order valence-electron chi connectivity index (χ4n) is 6.63. The average Bonchev–Trinajstić information content (AvgIpc) is 3.42. The molecule has 0 bridgehead atoms. The molecular weight excluding hydrogens is 820 g/mol. The number of nitrogens with one attached hydrogen (secondary N) is 1. The molecule has 8 nitrogen and oxygen atoms in total. The Morgan fingerprint density at radius 3 is 1.66 bits per heavy atom. The standard InChI is InChI=1S/C39H28F12N2O6/c1-18(2)24-9-4-19(13-28(24)34(58,36(40,41)42)37(43,44)45)12-20-5-11-30(29(14-20)35(59,38(46,47)48)39(49,50)51)53(3)33(57)26-15-21(6-7-23(26)17-54)22-8-10-25-27(16-22)32(56)52-31(25)55/h4-11,13-18,58-59H,12H2,1-3H3,(H,52,55,56). The minimum Gasteiger partial charge on any atom is -0.369 e. The Balaban J connectivity index is 1.66. The second-order valence-electron chi connectivity index (χ2n) is 13.8. The largest absolute Gasteiger partial charge is 0.430 e. The van der Waals surface area contributed by atoms with Gasteiger partial charge in [-0.05, 0) is 70.5 Å². The van der Waals surface area contributed by atoms with Crippen LogP contribution in [-0.4, -0.2) is 66.0 Å². The number of fused-ring (bicyclic) bond motifs is 1. The lowest BCUT2D eigenvalue weighted by Crippen LogP contribution is -2.54. The number of carbonyl (C=O) groups excluding carboxylic acids is 4. The van der Waals surface area contributed by atoms with Gasteiger partial charge in [-0.1, -0.05) is 56.3 Å². The third-order valence-corrected chi connectivity index (χ3v) is 9.78. The molecule has 0 radical (unpaired) electrons. The highest BCUT2D eigenvalue weighted by atomic mass is 19.4. The number of aldehydes is 1. The first-order chi connectivity index (χ1) is 27.0. The maximum atomic E-state index is 14.4. The Morgan fingerprint density at radius 2 is 1.14 bits per heavy atom. The van der Waals surface area contributed by atoms with Gasteiger partial charge < -0.3 is 15.1 Å². The van der Waals surface area contributed by atoms with Crippen LogP contribution in [0.2, 0.25) is 0 Å². The fourth-order valence-corrected chi connectivity index (χ4v) is 6.63. The van der Waals surface area contributed by atoms with E-state index in [0.29, 0.717) is 13.1 Å². The number of hydrogen-bond donors (Lipinski definition) is 3. The van der Waals surface area contributed by atoms with Crippen LogP contribution in [0.5, 0.6) is 0 Å². The number of amides is 3. The SMILES string of the molecule is CC(C)c1ccc(Cc2ccc(N(C)C(=O)c3cc(-c4ccc5c(c4)C(=O)NC5=O)ccc3C=O)c(C(O)(C(F)(F)F)C(F)(F)F)c2)cc1C(O)(C(F)(F)F)C(F)(F)F. The molecule has 3 amide bonds. The average molecular weight is 849 g/mol. The minimum absolute atomic E-state index is 0.00854. The Morgan fingerprint density at radius 1 is 0.661 bits per heavy atom. The molecule has 1 aliphatic heterocycles. The summed E-state index contributed by atoms with van der Waals surface area (Å²) in [5, 5.41) is 22.9. The van der Waals surface area contributed by atoms with Crippen molar-refractivity contribution in [2.24, 2.45) is 0 Å². The molecule has 0 saturated carbocycles. The highest BCUT2D eigenvalue weighted by molar-refractivity contribution is 6.22. The third-order valence-electron chi connectivity index (χ3n) is 9.78. The maximum absolute atomic E-state index is 14.4. The van der Waals surface area contributed by atoms with Crippen LogP contribution < -0.4 is 10.2 Å². The molecular formula is C39H28F12N2O6. The van der Waals surface area contributed by atoms with Crippen LogP contribution in [0, 0.1) is 0 Å². The maximum Gasteiger partial charge on any atom is 0.430 e. The lowest BCUT2D eigenvalue weighted by molar-refractivity contribution is -0.376. The summed E-state index contributed by atoms with van der Waals surface area (Å²) in [6.07, 6.45) is -26.7. The summed E-state index contributed by atoms with van der Waals surface area (Å²) in [6.45, 7) is 2.40. The van der Waals surface area contributed by atoms with E-state index in [0.717, 1.165) is 30.3 Å². The molecule has 0 aromatic heterocycles. The molecule has 59 heavy (non-hydrogen) atoms. The number of aliphatic hydroxyl groups is 2. The molecule has 1 heterocycles. The summed E-state index contributed by atoms with van der Waals surface area (Å²) in [7, 11) is 0.701. The Bertz CT molecular complexity index is 2340. The lowest BCUT2D eigenvalue weighted by Gasteiger charge is -2.36. The number of hydrogen-bond acceptors (Lipinski definition) is 6. The molecule has 314 valence electrons. The van der Waals surface area contributed by atoms with E-state index in [2.05, 4.69) is 5.32 Å². The quantitative estimate of drug-likeness (QED) is 0.0881. The molecule has 4 aromatic carbocycles. The molecule has 20 heteroatoms. The third kappa shape index (κ3) is 7.54. The first-order valence-electron chi connectivity index (χ1n) is 16.8. The van der Waals surface area contributed by atoms with Gasteiger partial charge in [-0.2, -0.15) is 52.7 Å². The van der Waals surface area contributed by atoms with Crippen LogP contribution in [0.3, 0.4) is 0 Å². The Kier molecular flexibility index (Phi) is 11.1. The topological polar surface area (TPSA) is 124 Å². The number of anilines is 1. The van der Waals surface area contributed by atoms with Gasteiger partial charge in [0, 0.05) is 23.7 Å². The summed E-state index contributed by atoms with van der Waals surface area (Å²) < 4.78 is 170. The molecule has 0 atom stereocenters. The predicted molar refractivity (Wildman–Crippen MR) is 184 cm³/mol. The normalized spacial score (nSPS) is 14.1. The second-order valence-corrected chi connectivity index (χ2v) is 13.8. The van der Waals surface area contributed by atoms with Gasteiger partial charge >= 0.3 is 24.7 Å². The van der Waals surface area contributed by atoms with Crippen LogP contribution in [0.25, 0.3) is 11.1 Å². The minimum atomic E-state index is -6.57. The van der Waals surface area contributed by atoms with Crippen molar-refractivity contribution in [2.75, 3.05) is 11.9 Å². The van der Waals surface area contributed by atoms with Gasteiger partial charge in [-0.3, -0.25) is 24.5 Å². The fraction of sp³-hybridized carbons (Fsp3) is 0.282. The zero-order chi connectivity index (χ0) is 44.4.